The van der Waals surface area contributed by atoms with E-state index in [-0.39, 0.29) is 36.5 Å². The van der Waals surface area contributed by atoms with Gasteiger partial charge in [0, 0.05) is 43.3 Å². The number of nitrogens with zero attached hydrogens (tertiary/aromatic N) is 3. The van der Waals surface area contributed by atoms with Crippen LogP contribution in [0.1, 0.15) is 34.0 Å². The molecule has 39 heavy (non-hydrogen) atoms. The van der Waals surface area contributed by atoms with Crippen molar-refractivity contribution in [2.24, 2.45) is 0 Å². The molecule has 3 amide bonds. The zero-order valence-corrected chi connectivity index (χ0v) is 21.9. The average molecular weight is 561 g/mol. The van der Waals surface area contributed by atoms with E-state index in [1.54, 1.807) is 22.3 Å². The summed E-state index contributed by atoms with van der Waals surface area (Å²) in [7, 11) is 0. The molecule has 1 unspecified atom stereocenters. The molecule has 206 valence electrons. The molecule has 1 saturated heterocycles. The second-order valence-electron chi connectivity index (χ2n) is 9.71. The molecule has 5 rings (SSSR count). The van der Waals surface area contributed by atoms with Crippen LogP contribution in [-0.4, -0.2) is 65.9 Å². The molecule has 2 aliphatic heterocycles. The van der Waals surface area contributed by atoms with Crippen molar-refractivity contribution in [2.45, 2.75) is 25.1 Å². The number of amides is 3. The fourth-order valence-electron chi connectivity index (χ4n) is 5.23. The van der Waals surface area contributed by atoms with Gasteiger partial charge in [0.2, 0.25) is 5.91 Å². The van der Waals surface area contributed by atoms with Crippen molar-refractivity contribution in [1.82, 2.24) is 14.7 Å². The van der Waals surface area contributed by atoms with Crippen molar-refractivity contribution in [2.75, 3.05) is 44.6 Å². The molecule has 11 heteroatoms. The van der Waals surface area contributed by atoms with Crippen LogP contribution in [0.25, 0.3) is 0 Å². The summed E-state index contributed by atoms with van der Waals surface area (Å²) in [6.07, 6.45) is -3.14. The van der Waals surface area contributed by atoms with Gasteiger partial charge in [-0.05, 0) is 65.7 Å². The highest BCUT2D eigenvalue weighted by atomic mass is 32.1. The summed E-state index contributed by atoms with van der Waals surface area (Å²) in [6.45, 7) is 2.25. The zero-order valence-electron chi connectivity index (χ0n) is 21.1. The fourth-order valence-corrected chi connectivity index (χ4v) is 6.13. The number of carbonyl (C=O) groups is 2. The van der Waals surface area contributed by atoms with Gasteiger partial charge in [0.15, 0.2) is 0 Å². The molecule has 0 saturated carbocycles. The maximum Gasteiger partial charge on any atom is 0.416 e. The normalized spacial score (nSPS) is 18.4. The Morgan fingerprint density at radius 2 is 1.72 bits per heavy atom. The summed E-state index contributed by atoms with van der Waals surface area (Å²) >= 11 is 1.67. The maximum atomic E-state index is 14.1. The van der Waals surface area contributed by atoms with Crippen LogP contribution in [0.4, 0.5) is 28.0 Å². The number of anilines is 1. The first-order valence-electron chi connectivity index (χ1n) is 12.8. The first kappa shape index (κ1) is 27.1. The monoisotopic (exact) mass is 560 g/mol. The van der Waals surface area contributed by atoms with Gasteiger partial charge in [0.1, 0.15) is 5.82 Å². The van der Waals surface area contributed by atoms with E-state index in [0.717, 1.165) is 29.7 Å². The number of benzene rings is 2. The van der Waals surface area contributed by atoms with Crippen LogP contribution in [-0.2, 0) is 17.4 Å². The molecule has 1 aromatic heterocycles. The maximum absolute atomic E-state index is 14.1. The van der Waals surface area contributed by atoms with Crippen molar-refractivity contribution in [1.29, 1.82) is 0 Å². The Bertz CT molecular complexity index is 1340. The van der Waals surface area contributed by atoms with Crippen molar-refractivity contribution in [3.63, 3.8) is 0 Å². The lowest BCUT2D eigenvalue weighted by Gasteiger charge is -2.37. The van der Waals surface area contributed by atoms with Gasteiger partial charge < -0.3 is 15.1 Å². The number of rotatable bonds is 4. The van der Waals surface area contributed by atoms with E-state index in [1.165, 1.54) is 34.0 Å². The molecular weight excluding hydrogens is 532 g/mol. The van der Waals surface area contributed by atoms with E-state index in [9.17, 15) is 27.2 Å². The molecule has 0 spiro atoms. The highest BCUT2D eigenvalue weighted by Gasteiger charge is 2.33. The molecule has 1 fully saturated rings. The SMILES string of the molecule is O=C(CN1CCc2sccc2C1c1cccc(F)c1)N1CCCN(C(=O)Nc2cccc(C(F)(F)F)c2)CC1. The van der Waals surface area contributed by atoms with E-state index >= 15 is 0 Å². The van der Waals surface area contributed by atoms with E-state index in [0.29, 0.717) is 32.6 Å². The van der Waals surface area contributed by atoms with E-state index in [1.807, 2.05) is 17.5 Å². The summed E-state index contributed by atoms with van der Waals surface area (Å²) in [5.74, 6) is -0.396. The number of hydrogen-bond acceptors (Lipinski definition) is 4. The summed E-state index contributed by atoms with van der Waals surface area (Å²) in [4.78, 5) is 32.7. The van der Waals surface area contributed by atoms with Crippen molar-refractivity contribution in [3.8, 4) is 0 Å². The van der Waals surface area contributed by atoms with Crippen LogP contribution in [0.2, 0.25) is 0 Å². The number of hydrogen-bond donors (Lipinski definition) is 1. The largest absolute Gasteiger partial charge is 0.416 e. The van der Waals surface area contributed by atoms with Crippen molar-refractivity contribution in [3.05, 3.63) is 87.4 Å². The Morgan fingerprint density at radius 3 is 2.51 bits per heavy atom. The van der Waals surface area contributed by atoms with Gasteiger partial charge in [-0.1, -0.05) is 18.2 Å². The van der Waals surface area contributed by atoms with Crippen LogP contribution in [0.5, 0.6) is 0 Å². The fraction of sp³-hybridized carbons (Fsp3) is 0.357. The second kappa shape index (κ2) is 11.4. The van der Waals surface area contributed by atoms with Gasteiger partial charge in [-0.25, -0.2) is 9.18 Å². The summed E-state index contributed by atoms with van der Waals surface area (Å²) in [5, 5.41) is 4.57. The van der Waals surface area contributed by atoms with E-state index in [4.69, 9.17) is 0 Å². The summed E-state index contributed by atoms with van der Waals surface area (Å²) < 4.78 is 53.1. The molecule has 2 aromatic carbocycles. The van der Waals surface area contributed by atoms with Crippen LogP contribution in [0.3, 0.4) is 0 Å². The van der Waals surface area contributed by atoms with Crippen LogP contribution in [0, 0.1) is 5.82 Å². The number of halogens is 4. The van der Waals surface area contributed by atoms with Gasteiger partial charge in [0.05, 0.1) is 18.2 Å². The molecule has 1 atom stereocenters. The van der Waals surface area contributed by atoms with Gasteiger partial charge in [0.25, 0.3) is 0 Å². The Morgan fingerprint density at radius 1 is 0.949 bits per heavy atom. The number of fused-ring (bicyclic) bond motifs is 1. The quantitative estimate of drug-likeness (QED) is 0.422. The lowest BCUT2D eigenvalue weighted by atomic mass is 9.93. The summed E-state index contributed by atoms with van der Waals surface area (Å²) in [6, 6.07) is 12.3. The number of alkyl halides is 3. The second-order valence-corrected chi connectivity index (χ2v) is 10.7. The van der Waals surface area contributed by atoms with Crippen molar-refractivity contribution < 1.29 is 27.2 Å². The number of urea groups is 1. The minimum absolute atomic E-state index is 0.0632. The van der Waals surface area contributed by atoms with Gasteiger partial charge in [-0.15, -0.1) is 11.3 Å². The predicted molar refractivity (Wildman–Crippen MR) is 141 cm³/mol. The molecule has 2 aliphatic rings. The molecule has 1 N–H and O–H groups in total. The topological polar surface area (TPSA) is 55.9 Å². The third-order valence-electron chi connectivity index (χ3n) is 7.15. The Balaban J connectivity index is 1.22. The highest BCUT2D eigenvalue weighted by Crippen LogP contribution is 2.38. The third kappa shape index (κ3) is 6.25. The first-order valence-corrected chi connectivity index (χ1v) is 13.6. The molecule has 0 bridgehead atoms. The predicted octanol–water partition coefficient (Wildman–Crippen LogP) is 5.62. The summed E-state index contributed by atoms with van der Waals surface area (Å²) in [5.41, 5.74) is 1.12. The number of nitrogens with one attached hydrogen (secondary N) is 1. The smallest absolute Gasteiger partial charge is 0.340 e. The number of carbonyl (C=O) groups excluding carboxylic acids is 2. The van der Waals surface area contributed by atoms with E-state index in [2.05, 4.69) is 10.2 Å². The van der Waals surface area contributed by atoms with Crippen molar-refractivity contribution >= 4 is 29.0 Å². The standard InChI is InChI=1S/C28H28F4N4O2S/c29-21-6-1-4-19(16-21)26-23-9-15-39-24(23)8-12-36(26)18-25(37)34-10-3-11-35(14-13-34)27(38)33-22-7-2-5-20(17-22)28(30,31)32/h1-2,4-7,9,15-17,26H,3,8,10-14,18H2,(H,33,38). The zero-order chi connectivity index (χ0) is 27.6. The van der Waals surface area contributed by atoms with Crippen LogP contribution in [0.15, 0.2) is 60.0 Å². The van der Waals surface area contributed by atoms with Crippen LogP contribution >= 0.6 is 11.3 Å². The Kier molecular flexibility index (Phi) is 7.90. The molecular formula is C28H28F4N4O2S. The molecule has 3 aromatic rings. The molecule has 0 radical (unpaired) electrons. The number of thiophene rings is 1. The molecule has 3 heterocycles. The Labute approximate surface area is 227 Å². The highest BCUT2D eigenvalue weighted by molar-refractivity contribution is 7.10. The lowest BCUT2D eigenvalue weighted by Crippen LogP contribution is -2.45. The first-order chi connectivity index (χ1) is 18.7. The van der Waals surface area contributed by atoms with Gasteiger partial charge in [-0.3, -0.25) is 9.69 Å². The van der Waals surface area contributed by atoms with Gasteiger partial charge in [-0.2, -0.15) is 13.2 Å². The average Bonchev–Trinajstić information content (AvgIpc) is 3.23. The Hall–Kier alpha value is -3.44. The lowest BCUT2D eigenvalue weighted by molar-refractivity contribution is -0.137. The molecule has 0 aliphatic carbocycles. The minimum atomic E-state index is -4.50. The van der Waals surface area contributed by atoms with E-state index < -0.39 is 17.8 Å². The van der Waals surface area contributed by atoms with Gasteiger partial charge >= 0.3 is 12.2 Å². The minimum Gasteiger partial charge on any atom is -0.340 e. The van der Waals surface area contributed by atoms with Crippen LogP contribution < -0.4 is 5.32 Å². The molecule has 6 nitrogen and oxygen atoms in total. The third-order valence-corrected chi connectivity index (χ3v) is 8.14.